The van der Waals surface area contributed by atoms with E-state index in [0.29, 0.717) is 0 Å². The smallest absolute Gasteiger partial charge is 0.171 e. The lowest BCUT2D eigenvalue weighted by atomic mass is 10.1. The fraction of sp³-hybridized carbons (Fsp3) is 0.176. The lowest BCUT2D eigenvalue weighted by molar-refractivity contribution is 0.102. The van der Waals surface area contributed by atoms with Crippen molar-refractivity contribution >= 4 is 27.9 Å². The molecule has 0 unspecified atom stereocenters. The number of aromatic nitrogens is 1. The van der Waals surface area contributed by atoms with Gasteiger partial charge in [-0.1, -0.05) is 18.2 Å². The van der Waals surface area contributed by atoms with Gasteiger partial charge in [0.2, 0.25) is 0 Å². The third kappa shape index (κ3) is 2.54. The summed E-state index contributed by atoms with van der Waals surface area (Å²) in [5.41, 5.74) is 1.84. The maximum absolute atomic E-state index is 11.6. The zero-order valence-corrected chi connectivity index (χ0v) is 13.0. The van der Waals surface area contributed by atoms with Crippen molar-refractivity contribution in [1.82, 2.24) is 4.98 Å². The second kappa shape index (κ2) is 5.30. The summed E-state index contributed by atoms with van der Waals surface area (Å²) in [5, 5.41) is 3.14. The van der Waals surface area contributed by atoms with Gasteiger partial charge in [-0.3, -0.25) is 4.79 Å². The van der Waals surface area contributed by atoms with E-state index in [4.69, 9.17) is 4.74 Å². The molecule has 1 aromatic heterocycles. The molecule has 3 nitrogen and oxygen atoms in total. The first-order valence-electron chi connectivity index (χ1n) is 6.65. The van der Waals surface area contributed by atoms with Crippen LogP contribution < -0.4 is 4.74 Å². The van der Waals surface area contributed by atoms with Crippen molar-refractivity contribution < 1.29 is 9.53 Å². The SMILES string of the molecule is COc1ccc2cc(-c3nc(C)c(C(C)=O)s3)ccc2c1. The first-order valence-corrected chi connectivity index (χ1v) is 7.46. The Balaban J connectivity index is 2.08. The van der Waals surface area contributed by atoms with Crippen molar-refractivity contribution in [3.05, 3.63) is 47.0 Å². The number of ketones is 1. The van der Waals surface area contributed by atoms with Crippen LogP contribution in [0.5, 0.6) is 5.75 Å². The van der Waals surface area contributed by atoms with Crippen LogP contribution in [0, 0.1) is 6.92 Å². The Bertz CT molecular complexity index is 836. The third-order valence-electron chi connectivity index (χ3n) is 3.41. The molecular formula is C17H15NO2S. The Hall–Kier alpha value is -2.20. The van der Waals surface area contributed by atoms with Crippen LogP contribution in [0.2, 0.25) is 0 Å². The number of Topliss-reactive ketones (excluding diaryl/α,β-unsaturated/α-hetero) is 1. The summed E-state index contributed by atoms with van der Waals surface area (Å²) in [6.07, 6.45) is 0. The molecule has 0 aliphatic rings. The monoisotopic (exact) mass is 297 g/mol. The van der Waals surface area contributed by atoms with Crippen molar-refractivity contribution in [3.8, 4) is 16.3 Å². The molecule has 2 aromatic carbocycles. The Kier molecular flexibility index (Phi) is 3.47. The first-order chi connectivity index (χ1) is 10.1. The van der Waals surface area contributed by atoms with Gasteiger partial charge in [-0.15, -0.1) is 11.3 Å². The van der Waals surface area contributed by atoms with Gasteiger partial charge in [0.05, 0.1) is 17.7 Å². The normalized spacial score (nSPS) is 10.8. The number of fused-ring (bicyclic) bond motifs is 1. The van der Waals surface area contributed by atoms with Gasteiger partial charge in [-0.25, -0.2) is 4.98 Å². The minimum absolute atomic E-state index is 0.0711. The van der Waals surface area contributed by atoms with E-state index in [1.165, 1.54) is 11.3 Å². The number of aryl methyl sites for hydroxylation is 1. The maximum Gasteiger partial charge on any atom is 0.171 e. The summed E-state index contributed by atoms with van der Waals surface area (Å²) in [7, 11) is 1.66. The van der Waals surface area contributed by atoms with Crippen LogP contribution in [0.4, 0.5) is 0 Å². The van der Waals surface area contributed by atoms with Gasteiger partial charge in [0.25, 0.3) is 0 Å². The van der Waals surface area contributed by atoms with Crippen molar-refractivity contribution in [1.29, 1.82) is 0 Å². The molecule has 0 atom stereocenters. The largest absolute Gasteiger partial charge is 0.497 e. The summed E-state index contributed by atoms with van der Waals surface area (Å²) in [4.78, 5) is 16.8. The number of rotatable bonds is 3. The molecule has 0 spiro atoms. The van der Waals surface area contributed by atoms with E-state index in [9.17, 15) is 4.79 Å². The standard InChI is InChI=1S/C17H15NO2S/c1-10-16(11(2)19)21-17(18-10)14-5-4-13-9-15(20-3)7-6-12(13)8-14/h4-9H,1-3H3. The van der Waals surface area contributed by atoms with Crippen LogP contribution in [0.15, 0.2) is 36.4 Å². The summed E-state index contributed by atoms with van der Waals surface area (Å²) in [6.45, 7) is 3.46. The molecular weight excluding hydrogens is 282 g/mol. The summed E-state index contributed by atoms with van der Waals surface area (Å²) < 4.78 is 5.23. The van der Waals surface area contributed by atoms with Crippen molar-refractivity contribution in [2.24, 2.45) is 0 Å². The Morgan fingerprint density at radius 3 is 2.52 bits per heavy atom. The van der Waals surface area contributed by atoms with Crippen LogP contribution in [0.1, 0.15) is 22.3 Å². The lowest BCUT2D eigenvalue weighted by Crippen LogP contribution is -1.89. The number of carbonyl (C=O) groups is 1. The van der Waals surface area contributed by atoms with Gasteiger partial charge in [-0.05, 0) is 35.9 Å². The van der Waals surface area contributed by atoms with Crippen molar-refractivity contribution in [2.75, 3.05) is 7.11 Å². The number of benzene rings is 2. The van der Waals surface area contributed by atoms with E-state index in [1.54, 1.807) is 14.0 Å². The third-order valence-corrected chi connectivity index (χ3v) is 4.72. The molecule has 106 valence electrons. The summed E-state index contributed by atoms with van der Waals surface area (Å²) in [6, 6.07) is 12.2. The van der Waals surface area contributed by atoms with Crippen molar-refractivity contribution in [3.63, 3.8) is 0 Å². The van der Waals surface area contributed by atoms with Crippen LogP contribution >= 0.6 is 11.3 Å². The van der Waals surface area contributed by atoms with Crippen LogP contribution in [-0.4, -0.2) is 17.9 Å². The molecule has 0 fully saturated rings. The lowest BCUT2D eigenvalue weighted by Gasteiger charge is -2.04. The molecule has 0 saturated heterocycles. The highest BCUT2D eigenvalue weighted by Crippen LogP contribution is 2.31. The van der Waals surface area contributed by atoms with Gasteiger partial charge in [0.15, 0.2) is 5.78 Å². The molecule has 0 radical (unpaired) electrons. The fourth-order valence-electron chi connectivity index (χ4n) is 2.33. The molecule has 0 N–H and O–H groups in total. The van der Waals surface area contributed by atoms with E-state index in [1.807, 2.05) is 31.2 Å². The molecule has 21 heavy (non-hydrogen) atoms. The predicted octanol–water partition coefficient (Wildman–Crippen LogP) is 4.48. The van der Waals surface area contributed by atoms with Gasteiger partial charge < -0.3 is 4.74 Å². The Labute approximate surface area is 127 Å². The number of ether oxygens (including phenoxy) is 1. The zero-order chi connectivity index (χ0) is 15.0. The van der Waals surface area contributed by atoms with E-state index in [-0.39, 0.29) is 5.78 Å². The molecule has 0 aliphatic heterocycles. The highest BCUT2D eigenvalue weighted by atomic mass is 32.1. The zero-order valence-electron chi connectivity index (χ0n) is 12.1. The van der Waals surface area contributed by atoms with Crippen LogP contribution in [0.3, 0.4) is 0 Å². The second-order valence-corrected chi connectivity index (χ2v) is 5.92. The molecule has 0 aliphatic carbocycles. The van der Waals surface area contributed by atoms with Crippen LogP contribution in [0.25, 0.3) is 21.3 Å². The number of hydrogen-bond donors (Lipinski definition) is 0. The molecule has 1 heterocycles. The highest BCUT2D eigenvalue weighted by Gasteiger charge is 2.13. The molecule has 3 aromatic rings. The average Bonchev–Trinajstić information content (AvgIpc) is 2.88. The fourth-order valence-corrected chi connectivity index (χ4v) is 3.29. The maximum atomic E-state index is 11.6. The second-order valence-electron chi connectivity index (χ2n) is 4.92. The van der Waals surface area contributed by atoms with E-state index >= 15 is 0 Å². The average molecular weight is 297 g/mol. The molecule has 0 saturated carbocycles. The molecule has 3 rings (SSSR count). The number of methoxy groups -OCH3 is 1. The number of carbonyl (C=O) groups excluding carboxylic acids is 1. The number of thiazole rings is 1. The molecule has 0 amide bonds. The minimum atomic E-state index is 0.0711. The Morgan fingerprint density at radius 2 is 1.86 bits per heavy atom. The van der Waals surface area contributed by atoms with Gasteiger partial charge in [0, 0.05) is 12.5 Å². The minimum Gasteiger partial charge on any atom is -0.497 e. The quantitative estimate of drug-likeness (QED) is 0.669. The first kappa shape index (κ1) is 13.8. The summed E-state index contributed by atoms with van der Waals surface area (Å²) in [5.74, 6) is 0.918. The van der Waals surface area contributed by atoms with Gasteiger partial charge >= 0.3 is 0 Å². The molecule has 0 bridgehead atoms. The van der Waals surface area contributed by atoms with Crippen LogP contribution in [-0.2, 0) is 0 Å². The molecule has 4 heteroatoms. The Morgan fingerprint density at radius 1 is 1.14 bits per heavy atom. The van der Waals surface area contributed by atoms with E-state index in [2.05, 4.69) is 17.1 Å². The number of hydrogen-bond acceptors (Lipinski definition) is 4. The van der Waals surface area contributed by atoms with E-state index < -0.39 is 0 Å². The topological polar surface area (TPSA) is 39.2 Å². The van der Waals surface area contributed by atoms with Gasteiger partial charge in [-0.2, -0.15) is 0 Å². The highest BCUT2D eigenvalue weighted by molar-refractivity contribution is 7.17. The summed E-state index contributed by atoms with van der Waals surface area (Å²) >= 11 is 1.45. The van der Waals surface area contributed by atoms with E-state index in [0.717, 1.165) is 37.7 Å². The predicted molar refractivity (Wildman–Crippen MR) is 86.3 cm³/mol. The van der Waals surface area contributed by atoms with Gasteiger partial charge in [0.1, 0.15) is 10.8 Å². The van der Waals surface area contributed by atoms with Crippen molar-refractivity contribution in [2.45, 2.75) is 13.8 Å². The number of nitrogens with zero attached hydrogens (tertiary/aromatic N) is 1.